The summed E-state index contributed by atoms with van der Waals surface area (Å²) in [5.74, 6) is 7.77. The Hall–Kier alpha value is -4.34. The first-order chi connectivity index (χ1) is 42.5. The Bertz CT molecular complexity index is 2870. The molecule has 4 heterocycles. The van der Waals surface area contributed by atoms with Crippen LogP contribution in [0.15, 0.2) is 59.4 Å². The van der Waals surface area contributed by atoms with Gasteiger partial charge in [0.1, 0.15) is 24.4 Å². The van der Waals surface area contributed by atoms with E-state index in [0.29, 0.717) is 5.92 Å². The normalized spacial score (nSPS) is 34.5. The van der Waals surface area contributed by atoms with Gasteiger partial charge in [0.2, 0.25) is 0 Å². The second kappa shape index (κ2) is 33.5. The topological polar surface area (TPSA) is 290 Å². The molecule has 5 N–H and O–H groups in total. The monoisotopic (exact) mass is 1320 g/mol. The van der Waals surface area contributed by atoms with E-state index < -0.39 is 128 Å². The van der Waals surface area contributed by atoms with E-state index >= 15 is 4.79 Å². The zero-order chi connectivity index (χ0) is 64.9. The van der Waals surface area contributed by atoms with Crippen molar-refractivity contribution < 1.29 is 106 Å². The molecule has 16 unspecified atom stereocenters. The van der Waals surface area contributed by atoms with Crippen molar-refractivity contribution in [1.82, 2.24) is 0 Å². The van der Waals surface area contributed by atoms with E-state index in [2.05, 4.69) is 49.4 Å². The number of ether oxygens (including phenoxy) is 14. The van der Waals surface area contributed by atoms with Gasteiger partial charge in [0.15, 0.2) is 59.9 Å². The summed E-state index contributed by atoms with van der Waals surface area (Å²) in [7, 11) is 11.0. The number of rotatable bonds is 26. The number of hydrogen-bond acceptors (Lipinski definition) is 26. The smallest absolute Gasteiger partial charge is 0.340 e. The van der Waals surface area contributed by atoms with Crippen molar-refractivity contribution in [3.8, 4) is 35.2 Å². The van der Waals surface area contributed by atoms with Crippen LogP contribution in [0.4, 0.5) is 5.69 Å². The second-order valence-corrected chi connectivity index (χ2v) is 27.7. The van der Waals surface area contributed by atoms with Crippen molar-refractivity contribution in [3.63, 3.8) is 0 Å². The fourth-order valence-electron chi connectivity index (χ4n) is 11.5. The van der Waals surface area contributed by atoms with Gasteiger partial charge in [0, 0.05) is 72.8 Å². The number of benzene rings is 1. The Morgan fingerprint density at radius 3 is 2.24 bits per heavy atom. The molecule has 7 rings (SSSR count). The summed E-state index contributed by atoms with van der Waals surface area (Å²) in [6.45, 7) is 13.1. The summed E-state index contributed by atoms with van der Waals surface area (Å²) in [5.41, 5.74) is -3.29. The average molecular weight is 1320 g/mol. The predicted molar refractivity (Wildman–Crippen MR) is 333 cm³/mol. The van der Waals surface area contributed by atoms with Gasteiger partial charge in [-0.2, -0.15) is 11.8 Å². The summed E-state index contributed by atoms with van der Waals surface area (Å²) >= 11 is 1.50. The Morgan fingerprint density at radius 1 is 0.865 bits per heavy atom. The number of Topliss-reactive ketones (excluding diaryl/α,β-unsaturated/α-hetero) is 1. The molecule has 1 aromatic rings. The van der Waals surface area contributed by atoms with Gasteiger partial charge >= 0.3 is 11.9 Å². The van der Waals surface area contributed by atoms with Crippen LogP contribution in [-0.4, -0.2) is 214 Å². The van der Waals surface area contributed by atoms with E-state index in [-0.39, 0.29) is 100 Å². The molecule has 0 aromatic heterocycles. The molecule has 1 aromatic carbocycles. The number of ketones is 1. The highest BCUT2D eigenvalue weighted by molar-refractivity contribution is 9.09. The third-order valence-corrected chi connectivity index (χ3v) is 21.1. The van der Waals surface area contributed by atoms with Crippen molar-refractivity contribution in [2.75, 3.05) is 72.3 Å². The van der Waals surface area contributed by atoms with Crippen LogP contribution in [0.2, 0.25) is 0 Å². The number of aliphatic hydroxyl groups excluding tert-OH is 3. The predicted octanol–water partition coefficient (Wildman–Crippen LogP) is 5.70. The lowest BCUT2D eigenvalue weighted by atomic mass is 9.70. The maximum atomic E-state index is 15.7. The quantitative estimate of drug-likeness (QED) is 0.0185. The summed E-state index contributed by atoms with van der Waals surface area (Å²) in [4.78, 5) is 56.7. The fraction of sp³-hybridized carbons (Fsp3) is 0.645. The number of carbonyl (C=O) groups is 4. The van der Waals surface area contributed by atoms with Gasteiger partial charge in [-0.25, -0.2) is 4.79 Å². The number of aliphatic hydroxyl groups is 4. The largest absolute Gasteiger partial charge is 0.493 e. The zero-order valence-electron chi connectivity index (χ0n) is 52.0. The first-order valence-corrected chi connectivity index (χ1v) is 34.4. The fourth-order valence-corrected chi connectivity index (χ4v) is 14.8. The van der Waals surface area contributed by atoms with Crippen LogP contribution in [-0.2, 0) is 71.2 Å². The van der Waals surface area contributed by atoms with Crippen molar-refractivity contribution in [2.45, 2.75) is 170 Å². The zero-order valence-corrected chi connectivity index (χ0v) is 55.3. The number of esters is 2. The molecule has 4 fully saturated rings. The van der Waals surface area contributed by atoms with Gasteiger partial charge in [0.05, 0.1) is 101 Å². The van der Waals surface area contributed by atoms with Crippen LogP contribution < -0.4 is 14.8 Å². The Labute approximate surface area is 535 Å². The van der Waals surface area contributed by atoms with E-state index in [0.717, 1.165) is 13.5 Å². The molecule has 1 amide bonds. The number of methoxy groups -OCH3 is 5. The SMILES string of the molecule is C=C(OC)C(=O)Nc1cc(OC)c(OC)cc1C(=O)OC1CC(O[C@@H]2C(=O)C(CC(=O)OC)=C3/C(=C\CSSSC)[C@]2(O)C#C/C=C\C#C[C@@H]3OC2OC(C)C(COC3CC(O)C(SC)C(C)O3)C(O)C2OC2CC(OC)C(CC(C)C)CO2)OC(C)C1O. The molecule has 2 bridgehead atoms. The molecule has 0 spiro atoms. The van der Waals surface area contributed by atoms with Gasteiger partial charge < -0.3 is 92.1 Å². The molecule has 89 heavy (non-hydrogen) atoms. The Morgan fingerprint density at radius 2 is 1.57 bits per heavy atom. The summed E-state index contributed by atoms with van der Waals surface area (Å²) in [6.07, 6.45) is -8.95. The minimum atomic E-state index is -2.60. The summed E-state index contributed by atoms with van der Waals surface area (Å²) in [6, 6.07) is 2.60. The van der Waals surface area contributed by atoms with Crippen molar-refractivity contribution >= 4 is 72.5 Å². The van der Waals surface area contributed by atoms with Gasteiger partial charge in [-0.15, -0.1) is 0 Å². The second-order valence-electron chi connectivity index (χ2n) is 22.3. The Balaban J connectivity index is 1.27. The average Bonchev–Trinajstić information content (AvgIpc) is 0.971. The highest BCUT2D eigenvalue weighted by Gasteiger charge is 2.56. The maximum Gasteiger partial charge on any atom is 0.340 e. The van der Waals surface area contributed by atoms with E-state index in [1.165, 1.54) is 95.7 Å². The number of nitrogens with one attached hydrogen (secondary N) is 1. The molecule has 23 nitrogen and oxygen atoms in total. The molecule has 4 saturated heterocycles. The number of allylic oxidation sites excluding steroid dienone is 2. The van der Waals surface area contributed by atoms with Crippen LogP contribution >= 0.6 is 43.2 Å². The van der Waals surface area contributed by atoms with Crippen molar-refractivity contribution in [3.05, 3.63) is 65.0 Å². The Kier molecular flexibility index (Phi) is 27.1. The van der Waals surface area contributed by atoms with Gasteiger partial charge in [0.25, 0.3) is 5.91 Å². The lowest BCUT2D eigenvalue weighted by Crippen LogP contribution is -2.60. The molecule has 0 radical (unpaired) electrons. The lowest BCUT2D eigenvalue weighted by Gasteiger charge is -2.47. The van der Waals surface area contributed by atoms with Crippen LogP contribution in [0.1, 0.15) is 77.1 Å². The lowest BCUT2D eigenvalue weighted by molar-refractivity contribution is -0.339. The standard InChI is InChI=1S/C62H83NO22S4/c1-31(2)22-36-29-77-50(27-44(36)73-8)84-56-54(67)39(30-78-49-26-42(64)57(86-12)34(5)80-49)32(3)81-61(56)83-43-18-16-14-15-17-20-62(71)40(19-21-88-89-87-13)52(43)38(24-48(65)76-11)55(68)58(62)85-51-28-47(53(66)33(4)79-51)82-60(70)37-23-45(74-9)46(75-10)25-41(37)63-59(69)35(6)72-7/h14-15,19,23,25,31-34,36,39,42-44,47,49-51,53-54,56-58,61,64,66-67,71H,6,21-22,24,26-30H2,1-5,7-13H3,(H,63,69)/b15-14-,40-19+/t32?,33?,34?,36?,39?,42?,43-,44?,47?,49?,50?,51?,53?,54?,56?,57?,58+,61?,62+/m0/s1. The van der Waals surface area contributed by atoms with Crippen molar-refractivity contribution in [1.29, 1.82) is 0 Å². The molecular weight excluding hydrogens is 1240 g/mol. The van der Waals surface area contributed by atoms with Crippen LogP contribution in [0, 0.1) is 41.4 Å². The van der Waals surface area contributed by atoms with Gasteiger partial charge in [-0.05, 0) is 67.6 Å². The van der Waals surface area contributed by atoms with Crippen molar-refractivity contribution in [2.24, 2.45) is 17.8 Å². The molecule has 4 aliphatic heterocycles. The highest BCUT2D eigenvalue weighted by atomic mass is 33.5. The summed E-state index contributed by atoms with van der Waals surface area (Å²) < 4.78 is 85.0. The number of anilines is 1. The molecule has 27 heteroatoms. The maximum absolute atomic E-state index is 15.7. The van der Waals surface area contributed by atoms with E-state index in [9.17, 15) is 34.8 Å². The van der Waals surface area contributed by atoms with E-state index in [4.69, 9.17) is 66.3 Å². The van der Waals surface area contributed by atoms with E-state index in [1.54, 1.807) is 20.1 Å². The van der Waals surface area contributed by atoms with Crippen LogP contribution in [0.3, 0.4) is 0 Å². The molecule has 0 saturated carbocycles. The minimum absolute atomic E-state index is 0.0427. The van der Waals surface area contributed by atoms with Crippen LogP contribution in [0.25, 0.3) is 0 Å². The van der Waals surface area contributed by atoms with Gasteiger partial charge in [-0.3, -0.25) is 14.4 Å². The molecule has 6 aliphatic rings. The van der Waals surface area contributed by atoms with E-state index in [1.807, 2.05) is 19.4 Å². The summed E-state index contributed by atoms with van der Waals surface area (Å²) in [5, 5.41) is 51.1. The molecule has 2 aliphatic carbocycles. The third kappa shape index (κ3) is 17.7. The highest BCUT2D eigenvalue weighted by Crippen LogP contribution is 2.46. The minimum Gasteiger partial charge on any atom is -0.493 e. The third-order valence-electron chi connectivity index (χ3n) is 16.1. The number of amides is 1. The molecule has 19 atom stereocenters. The first-order valence-electron chi connectivity index (χ1n) is 29.1. The van der Waals surface area contributed by atoms with Gasteiger partial charge in [-0.1, -0.05) is 71.8 Å². The number of fused-ring (bicyclic) bond motifs is 2. The molecule has 492 valence electrons. The number of carbonyl (C=O) groups excluding carboxylic acids is 4. The first kappa shape index (κ1) is 72.1. The number of hydrogen-bond donors (Lipinski definition) is 5. The van der Waals surface area contributed by atoms with Crippen LogP contribution in [0.5, 0.6) is 11.5 Å². The molecular formula is C62H83NO22S4. The number of thioether (sulfide) groups is 1.